The van der Waals surface area contributed by atoms with Crippen molar-refractivity contribution < 1.29 is 85.7 Å². The van der Waals surface area contributed by atoms with Crippen LogP contribution in [-0.4, -0.2) is 113 Å². The van der Waals surface area contributed by atoms with Crippen molar-refractivity contribution in [1.29, 1.82) is 0 Å². The summed E-state index contributed by atoms with van der Waals surface area (Å²) in [5, 5.41) is 0. The fraction of sp³-hybridized carbons (Fsp3) is 0.491. The third-order valence-corrected chi connectivity index (χ3v) is 11.2. The topological polar surface area (TPSA) is 229 Å². The summed E-state index contributed by atoms with van der Waals surface area (Å²) in [5.74, 6) is -6.80. The molecule has 0 aliphatic rings. The van der Waals surface area contributed by atoms with E-state index >= 15 is 0 Å². The molecule has 0 aliphatic heterocycles. The molecule has 2 aromatic rings. The van der Waals surface area contributed by atoms with Crippen LogP contribution in [0.15, 0.2) is 97.1 Å². The number of esters is 8. The van der Waals surface area contributed by atoms with Gasteiger partial charge in [-0.2, -0.15) is 0 Å². The predicted molar refractivity (Wildman–Crippen MR) is 267 cm³/mol. The first kappa shape index (κ1) is 61.9. The molecule has 0 heterocycles. The average molecular weight is 1020 g/mol. The second-order valence-corrected chi connectivity index (χ2v) is 17.3. The molecule has 2 unspecified atom stereocenters. The van der Waals surface area contributed by atoms with Gasteiger partial charge < -0.3 is 47.4 Å². The summed E-state index contributed by atoms with van der Waals surface area (Å²) in [7, 11) is 0. The molecule has 0 bridgehead atoms. The van der Waals surface area contributed by atoms with Crippen LogP contribution in [0.3, 0.4) is 0 Å². The van der Waals surface area contributed by atoms with Gasteiger partial charge >= 0.3 is 47.8 Å². The lowest BCUT2D eigenvalue weighted by Crippen LogP contribution is -2.45. The van der Waals surface area contributed by atoms with Crippen molar-refractivity contribution in [3.05, 3.63) is 108 Å². The number of ether oxygens (including phenoxy) is 10. The van der Waals surface area contributed by atoms with Crippen molar-refractivity contribution in [1.82, 2.24) is 0 Å². The Morgan fingerprint density at radius 2 is 0.658 bits per heavy atom. The van der Waals surface area contributed by atoms with E-state index in [1.807, 2.05) is 38.1 Å². The number of rotatable bonds is 32. The molecule has 0 fully saturated rings. The lowest BCUT2D eigenvalue weighted by atomic mass is 9.76. The van der Waals surface area contributed by atoms with Crippen molar-refractivity contribution in [2.75, 3.05) is 52.9 Å². The predicted octanol–water partition coefficient (Wildman–Crippen LogP) is 7.77. The van der Waals surface area contributed by atoms with E-state index in [1.165, 1.54) is 13.8 Å². The molecule has 2 rings (SSSR count). The second-order valence-electron chi connectivity index (χ2n) is 17.3. The number of carbonyl (C=O) groups excluding carboxylic acids is 8. The van der Waals surface area contributed by atoms with Gasteiger partial charge in [0.2, 0.25) is 0 Å². The Kier molecular flexibility index (Phi) is 24.9. The lowest BCUT2D eigenvalue weighted by molar-refractivity contribution is -0.178. The Morgan fingerprint density at radius 1 is 0.411 bits per heavy atom. The number of carbonyl (C=O) groups is 8. The average Bonchev–Trinajstić information content (AvgIpc) is 3.34. The maximum Gasteiger partial charge on any atom is 0.333 e. The summed E-state index contributed by atoms with van der Waals surface area (Å²) in [5.41, 5.74) is -4.07. The monoisotopic (exact) mass is 1020 g/mol. The van der Waals surface area contributed by atoms with E-state index in [1.54, 1.807) is 65.8 Å². The molecule has 0 aliphatic carbocycles. The highest BCUT2D eigenvalue weighted by atomic mass is 16.6. The zero-order chi connectivity index (χ0) is 55.1. The van der Waals surface area contributed by atoms with Crippen LogP contribution >= 0.6 is 0 Å². The Balaban J connectivity index is 2.23. The Hall–Kier alpha value is -7.24. The molecule has 2 atom stereocenters. The van der Waals surface area contributed by atoms with Crippen molar-refractivity contribution in [3.8, 4) is 11.5 Å². The van der Waals surface area contributed by atoms with Gasteiger partial charge in [0.1, 0.15) is 36.9 Å². The Labute approximate surface area is 428 Å². The van der Waals surface area contributed by atoms with Crippen LogP contribution in [0.2, 0.25) is 0 Å². The van der Waals surface area contributed by atoms with E-state index in [0.717, 1.165) is 11.1 Å². The summed E-state index contributed by atoms with van der Waals surface area (Å²) in [6, 6.07) is 14.5. The molecule has 18 heteroatoms. The molecular formula is C55H72O18. The van der Waals surface area contributed by atoms with E-state index in [4.69, 9.17) is 47.4 Å². The molecule has 18 nitrogen and oxygen atoms in total. The summed E-state index contributed by atoms with van der Waals surface area (Å²) < 4.78 is 54.1. The first-order chi connectivity index (χ1) is 34.4. The molecule has 0 aromatic heterocycles. The highest BCUT2D eigenvalue weighted by Gasteiger charge is 2.53. The summed E-state index contributed by atoms with van der Waals surface area (Å²) in [6.07, 6.45) is -4.22. The van der Waals surface area contributed by atoms with Gasteiger partial charge in [-0.3, -0.25) is 19.2 Å². The summed E-state index contributed by atoms with van der Waals surface area (Å²) in [4.78, 5) is 106. The Morgan fingerprint density at radius 3 is 0.890 bits per heavy atom. The smallest absolute Gasteiger partial charge is 0.333 e. The molecule has 0 N–H and O–H groups in total. The van der Waals surface area contributed by atoms with Crippen LogP contribution in [0.5, 0.6) is 11.5 Å². The van der Waals surface area contributed by atoms with Gasteiger partial charge in [-0.1, -0.05) is 64.4 Å². The van der Waals surface area contributed by atoms with Crippen LogP contribution in [0, 0.1) is 10.8 Å². The minimum atomic E-state index is -2.24. The molecule has 2 aromatic carbocycles. The second kappa shape index (κ2) is 29.3. The quantitative estimate of drug-likeness (QED) is 0.0295. The number of benzene rings is 2. The number of hydrogen-bond acceptors (Lipinski definition) is 18. The molecule has 0 amide bonds. The third-order valence-electron chi connectivity index (χ3n) is 11.2. The van der Waals surface area contributed by atoms with E-state index in [0.29, 0.717) is 11.5 Å². The van der Waals surface area contributed by atoms with Gasteiger partial charge in [-0.05, 0) is 90.8 Å². The SMILES string of the molecule is C=C(CC(CC(=C)C(=O)OCC)(C(=O)OCC)C(=O)OC(C)COc1ccc(C(C)(C)c2ccc(OCC(C)OC(=O)C(CC(=C)C(=O)OCC)(CC(=C)C(=O)OCC)C(=O)OCC)cc2)cc1)C(=O)OCC. The first-order valence-corrected chi connectivity index (χ1v) is 24.1. The zero-order valence-corrected chi connectivity index (χ0v) is 43.9. The molecule has 0 spiro atoms. The lowest BCUT2D eigenvalue weighted by Gasteiger charge is -2.31. The fourth-order valence-corrected chi connectivity index (χ4v) is 7.27. The zero-order valence-electron chi connectivity index (χ0n) is 43.9. The van der Waals surface area contributed by atoms with Gasteiger partial charge in [-0.25, -0.2) is 19.2 Å². The number of hydrogen-bond donors (Lipinski definition) is 0. The van der Waals surface area contributed by atoms with E-state index in [-0.39, 0.29) is 75.1 Å². The maximum atomic E-state index is 14.0. The largest absolute Gasteiger partial charge is 0.490 e. The summed E-state index contributed by atoms with van der Waals surface area (Å²) in [6.45, 7) is 30.9. The minimum absolute atomic E-state index is 0.0107. The molecule has 400 valence electrons. The fourth-order valence-electron chi connectivity index (χ4n) is 7.27. The maximum absolute atomic E-state index is 14.0. The standard InChI is InChI=1S/C55H72O18/c1-15-64-45(56)35(7)29-54(49(60)68-19-5,30-36(8)46(57)65-16-2)51(62)72-39(11)33-70-43-25-21-41(22-26-43)53(13,14)42-23-27-44(28-24-42)71-34-40(12)73-52(63)55(50(61)69-20-6,31-37(9)47(58)66-17-3)32-38(10)48(59)67-18-4/h21-28,39-40H,7-10,15-20,29-34H2,1-6,11-14H3. The van der Waals surface area contributed by atoms with Gasteiger partial charge in [0.25, 0.3) is 0 Å². The van der Waals surface area contributed by atoms with Crippen molar-refractivity contribution in [2.45, 2.75) is 113 Å². The minimum Gasteiger partial charge on any atom is -0.490 e. The summed E-state index contributed by atoms with van der Waals surface area (Å²) >= 11 is 0. The van der Waals surface area contributed by atoms with Gasteiger partial charge in [0.05, 0.1) is 39.6 Å². The van der Waals surface area contributed by atoms with Gasteiger partial charge in [-0.15, -0.1) is 0 Å². The first-order valence-electron chi connectivity index (χ1n) is 24.1. The normalized spacial score (nSPS) is 12.1. The van der Waals surface area contributed by atoms with E-state index in [9.17, 15) is 38.4 Å². The highest BCUT2D eigenvalue weighted by molar-refractivity contribution is 6.05. The van der Waals surface area contributed by atoms with Crippen molar-refractivity contribution in [2.24, 2.45) is 10.8 Å². The molecule has 0 saturated carbocycles. The van der Waals surface area contributed by atoms with Crippen molar-refractivity contribution in [3.63, 3.8) is 0 Å². The van der Waals surface area contributed by atoms with Crippen molar-refractivity contribution >= 4 is 47.8 Å². The highest BCUT2D eigenvalue weighted by Crippen LogP contribution is 2.40. The third kappa shape index (κ3) is 17.5. The molecule has 0 radical (unpaired) electrons. The molecular weight excluding hydrogens is 949 g/mol. The van der Waals surface area contributed by atoms with Crippen LogP contribution in [-0.2, 0) is 81.7 Å². The van der Waals surface area contributed by atoms with Gasteiger partial charge in [0, 0.05) is 53.4 Å². The molecule has 0 saturated heterocycles. The van der Waals surface area contributed by atoms with E-state index < -0.39 is 102 Å². The van der Waals surface area contributed by atoms with Crippen LogP contribution in [0.25, 0.3) is 0 Å². The van der Waals surface area contributed by atoms with Crippen LogP contribution in [0.1, 0.15) is 106 Å². The van der Waals surface area contributed by atoms with E-state index in [2.05, 4.69) is 26.3 Å². The van der Waals surface area contributed by atoms with Crippen LogP contribution in [0.4, 0.5) is 0 Å². The van der Waals surface area contributed by atoms with Crippen LogP contribution < -0.4 is 9.47 Å². The van der Waals surface area contributed by atoms with Gasteiger partial charge in [0.15, 0.2) is 10.8 Å². The Bertz CT molecular complexity index is 2080. The molecule has 73 heavy (non-hydrogen) atoms.